The fraction of sp³-hybridized carbons (Fsp3) is 0. The Hall–Kier alpha value is -2.44. The van der Waals surface area contributed by atoms with Crippen LogP contribution in [0, 0.1) is 0 Å². The third-order valence-electron chi connectivity index (χ3n) is 3.60. The molecule has 6 heteroatoms. The van der Waals surface area contributed by atoms with Crippen molar-refractivity contribution in [3.8, 4) is 10.6 Å². The summed E-state index contributed by atoms with van der Waals surface area (Å²) in [5.41, 5.74) is 2.16. The van der Waals surface area contributed by atoms with E-state index in [1.54, 1.807) is 23.5 Å². The molecular weight excluding hydrogens is 386 g/mol. The number of nitrogens with zero attached hydrogens (tertiary/aromatic N) is 2. The summed E-state index contributed by atoms with van der Waals surface area (Å²) in [6.07, 6.45) is 1.90. The van der Waals surface area contributed by atoms with Crippen molar-refractivity contribution in [1.29, 1.82) is 0 Å². The highest BCUT2D eigenvalue weighted by Gasteiger charge is 2.17. The summed E-state index contributed by atoms with van der Waals surface area (Å²) in [7, 11) is 0. The predicted molar refractivity (Wildman–Crippen MR) is 101 cm³/mol. The number of halogens is 1. The van der Waals surface area contributed by atoms with Gasteiger partial charge in [0.2, 0.25) is 0 Å². The Labute approximate surface area is 150 Å². The minimum absolute atomic E-state index is 0.167. The zero-order chi connectivity index (χ0) is 16.5. The highest BCUT2D eigenvalue weighted by Crippen LogP contribution is 2.32. The zero-order valence-corrected chi connectivity index (χ0v) is 14.8. The molecule has 0 aliphatic rings. The number of carbonyl (C=O) groups is 1. The molecule has 0 fully saturated rings. The van der Waals surface area contributed by atoms with E-state index in [4.69, 9.17) is 0 Å². The molecule has 24 heavy (non-hydrogen) atoms. The van der Waals surface area contributed by atoms with Crippen LogP contribution in [0.1, 0.15) is 10.4 Å². The van der Waals surface area contributed by atoms with E-state index < -0.39 is 0 Å². The quantitative estimate of drug-likeness (QED) is 0.523. The minimum Gasteiger partial charge on any atom is -0.306 e. The number of rotatable bonds is 3. The van der Waals surface area contributed by atoms with Crippen LogP contribution in [0.25, 0.3) is 16.2 Å². The van der Waals surface area contributed by atoms with Gasteiger partial charge in [-0.25, -0.2) is 4.98 Å². The summed E-state index contributed by atoms with van der Waals surface area (Å²) in [5, 5.41) is 5.01. The van der Waals surface area contributed by atoms with Crippen LogP contribution >= 0.6 is 27.3 Å². The largest absolute Gasteiger partial charge is 0.306 e. The van der Waals surface area contributed by atoms with Crippen molar-refractivity contribution < 1.29 is 4.79 Å². The number of hydrogen-bond donors (Lipinski definition) is 1. The number of benzene rings is 1. The number of aromatic nitrogens is 2. The van der Waals surface area contributed by atoms with Crippen LogP contribution in [0.4, 0.5) is 5.82 Å². The van der Waals surface area contributed by atoms with Gasteiger partial charge in [0, 0.05) is 16.2 Å². The smallest absolute Gasteiger partial charge is 0.256 e. The van der Waals surface area contributed by atoms with Gasteiger partial charge in [0.1, 0.15) is 17.2 Å². The van der Waals surface area contributed by atoms with Gasteiger partial charge in [-0.05, 0) is 41.8 Å². The average molecular weight is 398 g/mol. The molecule has 4 nitrogen and oxygen atoms in total. The fourth-order valence-electron chi connectivity index (χ4n) is 2.51. The molecule has 3 aromatic heterocycles. The van der Waals surface area contributed by atoms with Crippen LogP contribution in [0.2, 0.25) is 0 Å². The van der Waals surface area contributed by atoms with Gasteiger partial charge in [-0.2, -0.15) is 0 Å². The first-order valence-electron chi connectivity index (χ1n) is 7.30. The number of pyridine rings is 1. The molecule has 0 spiro atoms. The second-order valence-electron chi connectivity index (χ2n) is 5.18. The molecule has 0 bridgehead atoms. The maximum Gasteiger partial charge on any atom is 0.256 e. The van der Waals surface area contributed by atoms with Gasteiger partial charge in [-0.3, -0.25) is 9.20 Å². The van der Waals surface area contributed by atoms with Crippen molar-refractivity contribution in [2.24, 2.45) is 0 Å². The van der Waals surface area contributed by atoms with Gasteiger partial charge < -0.3 is 5.32 Å². The number of amides is 1. The van der Waals surface area contributed by atoms with Crippen molar-refractivity contribution in [2.75, 3.05) is 5.32 Å². The fourth-order valence-corrected chi connectivity index (χ4v) is 3.62. The van der Waals surface area contributed by atoms with E-state index in [9.17, 15) is 4.79 Å². The highest BCUT2D eigenvalue weighted by molar-refractivity contribution is 9.10. The molecule has 3 heterocycles. The molecule has 1 N–H and O–H groups in total. The van der Waals surface area contributed by atoms with Crippen LogP contribution < -0.4 is 5.32 Å². The van der Waals surface area contributed by atoms with Crippen molar-refractivity contribution in [3.05, 3.63) is 76.2 Å². The monoisotopic (exact) mass is 397 g/mol. The number of fused-ring (bicyclic) bond motifs is 1. The van der Waals surface area contributed by atoms with Gasteiger partial charge in [0.25, 0.3) is 5.91 Å². The van der Waals surface area contributed by atoms with Crippen molar-refractivity contribution in [2.45, 2.75) is 0 Å². The maximum absolute atomic E-state index is 12.7. The Morgan fingerprint density at radius 2 is 2.04 bits per heavy atom. The number of thiophene rings is 1. The third-order valence-corrected chi connectivity index (χ3v) is 4.97. The third kappa shape index (κ3) is 2.74. The van der Waals surface area contributed by atoms with Crippen LogP contribution in [0.3, 0.4) is 0 Å². The lowest BCUT2D eigenvalue weighted by molar-refractivity contribution is 0.102. The first-order chi connectivity index (χ1) is 11.7. The second-order valence-corrected chi connectivity index (χ2v) is 7.04. The molecule has 0 saturated carbocycles. The van der Waals surface area contributed by atoms with E-state index in [0.29, 0.717) is 11.4 Å². The van der Waals surface area contributed by atoms with Crippen LogP contribution in [0.5, 0.6) is 0 Å². The normalized spacial score (nSPS) is 10.9. The Morgan fingerprint density at radius 1 is 1.12 bits per heavy atom. The van der Waals surface area contributed by atoms with E-state index in [0.717, 1.165) is 20.7 Å². The topological polar surface area (TPSA) is 46.4 Å². The Balaban J connectivity index is 1.80. The first-order valence-corrected chi connectivity index (χ1v) is 8.97. The first kappa shape index (κ1) is 15.1. The maximum atomic E-state index is 12.7. The lowest BCUT2D eigenvalue weighted by Gasteiger charge is -2.07. The molecule has 0 unspecified atom stereocenters. The van der Waals surface area contributed by atoms with E-state index in [2.05, 4.69) is 26.2 Å². The number of carbonyl (C=O) groups excluding carboxylic acids is 1. The number of imidazole rings is 1. The van der Waals surface area contributed by atoms with Crippen molar-refractivity contribution in [3.63, 3.8) is 0 Å². The van der Waals surface area contributed by atoms with Gasteiger partial charge >= 0.3 is 0 Å². The van der Waals surface area contributed by atoms with Crippen LogP contribution in [0.15, 0.2) is 70.6 Å². The molecule has 0 radical (unpaired) electrons. The molecular formula is C18H12BrN3OS. The van der Waals surface area contributed by atoms with Crippen molar-refractivity contribution >= 4 is 44.6 Å². The number of anilines is 1. The number of hydrogen-bond acceptors (Lipinski definition) is 3. The van der Waals surface area contributed by atoms with Gasteiger partial charge in [-0.15, -0.1) is 11.3 Å². The Bertz CT molecular complexity index is 1020. The van der Waals surface area contributed by atoms with Crippen LogP contribution in [-0.4, -0.2) is 15.3 Å². The van der Waals surface area contributed by atoms with Gasteiger partial charge in [-0.1, -0.05) is 34.1 Å². The summed E-state index contributed by atoms with van der Waals surface area (Å²) in [4.78, 5) is 18.3. The lowest BCUT2D eigenvalue weighted by Crippen LogP contribution is -2.13. The molecule has 4 aromatic rings. The lowest BCUT2D eigenvalue weighted by atomic mass is 10.2. The molecule has 118 valence electrons. The summed E-state index contributed by atoms with van der Waals surface area (Å²) in [5.74, 6) is 0.512. The molecule has 1 amide bonds. The van der Waals surface area contributed by atoms with E-state index >= 15 is 0 Å². The van der Waals surface area contributed by atoms with E-state index in [1.165, 1.54) is 0 Å². The minimum atomic E-state index is -0.167. The average Bonchev–Trinajstić information content (AvgIpc) is 3.23. The zero-order valence-electron chi connectivity index (χ0n) is 12.4. The summed E-state index contributed by atoms with van der Waals surface area (Å²) in [6, 6.07) is 17.1. The molecule has 0 atom stereocenters. The Morgan fingerprint density at radius 3 is 2.83 bits per heavy atom. The molecule has 4 rings (SSSR count). The summed E-state index contributed by atoms with van der Waals surface area (Å²) < 4.78 is 2.76. The summed E-state index contributed by atoms with van der Waals surface area (Å²) >= 11 is 4.99. The molecule has 0 aliphatic carbocycles. The molecule has 0 aliphatic heterocycles. The highest BCUT2D eigenvalue weighted by atomic mass is 79.9. The van der Waals surface area contributed by atoms with Crippen LogP contribution in [-0.2, 0) is 0 Å². The van der Waals surface area contributed by atoms with Gasteiger partial charge in [0.15, 0.2) is 0 Å². The molecule has 1 aromatic carbocycles. The standard InChI is InChI=1S/C18H12BrN3OS/c19-13-6-3-5-12(11-13)18(23)21-17-16(14-7-4-10-24-14)20-15-8-1-2-9-22(15)17/h1-11H,(H,21,23). The molecule has 0 saturated heterocycles. The number of nitrogens with one attached hydrogen (secondary N) is 1. The van der Waals surface area contributed by atoms with Crippen molar-refractivity contribution in [1.82, 2.24) is 9.38 Å². The second kappa shape index (κ2) is 6.22. The summed E-state index contributed by atoms with van der Waals surface area (Å²) in [6.45, 7) is 0. The van der Waals surface area contributed by atoms with E-state index in [-0.39, 0.29) is 5.91 Å². The van der Waals surface area contributed by atoms with Gasteiger partial charge in [0.05, 0.1) is 4.88 Å². The predicted octanol–water partition coefficient (Wildman–Crippen LogP) is 5.08. The van der Waals surface area contributed by atoms with E-state index in [1.807, 2.05) is 58.4 Å². The SMILES string of the molecule is O=C(Nc1c(-c2cccs2)nc2ccccn12)c1cccc(Br)c1. The Kier molecular flexibility index (Phi) is 3.92.